The first kappa shape index (κ1) is 17.4. The van der Waals surface area contributed by atoms with Crippen molar-refractivity contribution in [1.29, 1.82) is 0 Å². The lowest BCUT2D eigenvalue weighted by Gasteiger charge is -2.30. The van der Waals surface area contributed by atoms with E-state index in [9.17, 15) is 14.4 Å². The van der Waals surface area contributed by atoms with Crippen LogP contribution in [0.3, 0.4) is 0 Å². The van der Waals surface area contributed by atoms with Crippen molar-refractivity contribution in [3.8, 4) is 0 Å². The third-order valence-corrected chi connectivity index (χ3v) is 2.73. The zero-order chi connectivity index (χ0) is 15.2. The maximum absolute atomic E-state index is 12.1. The van der Waals surface area contributed by atoms with Gasteiger partial charge in [-0.25, -0.2) is 0 Å². The first-order valence-electron chi connectivity index (χ1n) is 6.36. The van der Waals surface area contributed by atoms with Crippen LogP contribution in [-0.2, 0) is 14.4 Å². The maximum atomic E-state index is 12.1. The molecule has 0 aromatic carbocycles. The summed E-state index contributed by atoms with van der Waals surface area (Å²) in [7, 11) is 0. The maximum Gasteiger partial charge on any atom is 0.303 e. The molecule has 0 fully saturated rings. The zero-order valence-electron chi connectivity index (χ0n) is 12.2. The average molecular weight is 272 g/mol. The molecule has 3 N–H and O–H groups in total. The van der Waals surface area contributed by atoms with Gasteiger partial charge < -0.3 is 15.7 Å². The van der Waals surface area contributed by atoms with Gasteiger partial charge in [-0.1, -0.05) is 13.8 Å². The van der Waals surface area contributed by atoms with E-state index < -0.39 is 17.6 Å². The van der Waals surface area contributed by atoms with E-state index in [1.165, 1.54) is 6.92 Å². The van der Waals surface area contributed by atoms with Crippen LogP contribution < -0.4 is 10.6 Å². The number of aliphatic carboxylic acids is 1. The Morgan fingerprint density at radius 1 is 1.21 bits per heavy atom. The lowest BCUT2D eigenvalue weighted by atomic mass is 9.96. The molecule has 0 aromatic heterocycles. The number of carbonyl (C=O) groups is 3. The Labute approximate surface area is 113 Å². The van der Waals surface area contributed by atoms with E-state index >= 15 is 0 Å². The summed E-state index contributed by atoms with van der Waals surface area (Å²) in [5.41, 5.74) is -0.624. The van der Waals surface area contributed by atoms with Crippen molar-refractivity contribution < 1.29 is 19.5 Å². The van der Waals surface area contributed by atoms with Crippen LogP contribution in [-0.4, -0.2) is 34.5 Å². The molecule has 0 spiro atoms. The number of hydrogen-bond acceptors (Lipinski definition) is 3. The van der Waals surface area contributed by atoms with Gasteiger partial charge >= 0.3 is 5.97 Å². The summed E-state index contributed by atoms with van der Waals surface area (Å²) in [5.74, 6) is -1.50. The molecular formula is C13H24N2O4. The standard InChI is InChI=1S/C13H24N2O4/c1-8(2)11(14-9(3)16)12(19)15-13(4,5)7-6-10(17)18/h8,11H,6-7H2,1-5H3,(H,14,16)(H,15,19)(H,17,18). The number of nitrogens with one attached hydrogen (secondary N) is 2. The van der Waals surface area contributed by atoms with Gasteiger partial charge in [-0.05, 0) is 26.2 Å². The van der Waals surface area contributed by atoms with Crippen molar-refractivity contribution in [2.24, 2.45) is 5.92 Å². The Kier molecular flexibility index (Phi) is 6.52. The molecule has 0 saturated heterocycles. The lowest BCUT2D eigenvalue weighted by molar-refractivity contribution is -0.138. The van der Waals surface area contributed by atoms with Gasteiger partial charge in [-0.3, -0.25) is 14.4 Å². The molecule has 2 amide bonds. The highest BCUT2D eigenvalue weighted by Gasteiger charge is 2.28. The minimum Gasteiger partial charge on any atom is -0.481 e. The van der Waals surface area contributed by atoms with E-state index in [0.29, 0.717) is 6.42 Å². The minimum absolute atomic E-state index is 0.0141. The molecule has 0 saturated carbocycles. The number of rotatable bonds is 7. The molecule has 1 atom stereocenters. The normalized spacial score (nSPS) is 12.9. The van der Waals surface area contributed by atoms with Crippen LogP contribution in [0.25, 0.3) is 0 Å². The van der Waals surface area contributed by atoms with Crippen molar-refractivity contribution in [3.63, 3.8) is 0 Å². The topological polar surface area (TPSA) is 95.5 Å². The van der Waals surface area contributed by atoms with Crippen molar-refractivity contribution in [3.05, 3.63) is 0 Å². The predicted octanol–water partition coefficient (Wildman–Crippen LogP) is 0.907. The van der Waals surface area contributed by atoms with Gasteiger partial charge in [-0.15, -0.1) is 0 Å². The average Bonchev–Trinajstić information content (AvgIpc) is 2.22. The first-order valence-corrected chi connectivity index (χ1v) is 6.36. The van der Waals surface area contributed by atoms with E-state index in [2.05, 4.69) is 10.6 Å². The summed E-state index contributed by atoms with van der Waals surface area (Å²) in [6.45, 7) is 8.56. The quantitative estimate of drug-likeness (QED) is 0.642. The molecule has 6 nitrogen and oxygen atoms in total. The first-order chi connectivity index (χ1) is 8.55. The number of carbonyl (C=O) groups excluding carboxylic acids is 2. The fourth-order valence-corrected chi connectivity index (χ4v) is 1.65. The molecule has 6 heteroatoms. The number of hydrogen-bond donors (Lipinski definition) is 3. The predicted molar refractivity (Wildman–Crippen MR) is 71.5 cm³/mol. The molecule has 19 heavy (non-hydrogen) atoms. The molecule has 0 radical (unpaired) electrons. The van der Waals surface area contributed by atoms with Crippen LogP contribution in [0.15, 0.2) is 0 Å². The lowest BCUT2D eigenvalue weighted by Crippen LogP contribution is -2.54. The van der Waals surface area contributed by atoms with Crippen LogP contribution in [0.5, 0.6) is 0 Å². The van der Waals surface area contributed by atoms with Gasteiger partial charge in [0.15, 0.2) is 0 Å². The largest absolute Gasteiger partial charge is 0.481 e. The highest BCUT2D eigenvalue weighted by atomic mass is 16.4. The highest BCUT2D eigenvalue weighted by Crippen LogP contribution is 2.13. The Hall–Kier alpha value is -1.59. The van der Waals surface area contributed by atoms with Crippen molar-refractivity contribution in [2.45, 2.75) is 59.0 Å². The molecule has 0 aliphatic rings. The fourth-order valence-electron chi connectivity index (χ4n) is 1.65. The van der Waals surface area contributed by atoms with Crippen LogP contribution in [0.2, 0.25) is 0 Å². The minimum atomic E-state index is -0.899. The van der Waals surface area contributed by atoms with Crippen molar-refractivity contribution in [1.82, 2.24) is 10.6 Å². The molecule has 0 aliphatic carbocycles. The second-order valence-corrected chi connectivity index (χ2v) is 5.69. The van der Waals surface area contributed by atoms with E-state index in [0.717, 1.165) is 0 Å². The third kappa shape index (κ3) is 7.43. The Balaban J connectivity index is 4.61. The highest BCUT2D eigenvalue weighted by molar-refractivity contribution is 5.87. The fraction of sp³-hybridized carbons (Fsp3) is 0.769. The SMILES string of the molecule is CC(=O)NC(C(=O)NC(C)(C)CCC(=O)O)C(C)C. The summed E-state index contributed by atoms with van der Waals surface area (Å²) in [4.78, 5) is 33.7. The molecule has 0 aliphatic heterocycles. The molecule has 0 rings (SSSR count). The summed E-state index contributed by atoms with van der Waals surface area (Å²) in [6.07, 6.45) is 0.318. The number of amides is 2. The van der Waals surface area contributed by atoms with Crippen molar-refractivity contribution in [2.75, 3.05) is 0 Å². The van der Waals surface area contributed by atoms with Gasteiger partial charge in [-0.2, -0.15) is 0 Å². The van der Waals surface area contributed by atoms with E-state index in [4.69, 9.17) is 5.11 Å². The molecule has 110 valence electrons. The third-order valence-electron chi connectivity index (χ3n) is 2.73. The van der Waals surface area contributed by atoms with E-state index in [1.54, 1.807) is 13.8 Å². The van der Waals surface area contributed by atoms with Crippen LogP contribution >= 0.6 is 0 Å². The molecule has 0 heterocycles. The van der Waals surface area contributed by atoms with Crippen LogP contribution in [0.1, 0.15) is 47.5 Å². The van der Waals surface area contributed by atoms with Crippen LogP contribution in [0.4, 0.5) is 0 Å². The second kappa shape index (κ2) is 7.11. The summed E-state index contributed by atoms with van der Waals surface area (Å²) in [6, 6.07) is -0.610. The Morgan fingerprint density at radius 2 is 1.74 bits per heavy atom. The molecule has 0 bridgehead atoms. The molecule has 0 aromatic rings. The number of carboxylic acids is 1. The van der Waals surface area contributed by atoms with E-state index in [-0.39, 0.29) is 24.2 Å². The second-order valence-electron chi connectivity index (χ2n) is 5.69. The molecule has 1 unspecified atom stereocenters. The monoisotopic (exact) mass is 272 g/mol. The zero-order valence-corrected chi connectivity index (χ0v) is 12.2. The van der Waals surface area contributed by atoms with Gasteiger partial charge in [0, 0.05) is 18.9 Å². The van der Waals surface area contributed by atoms with Crippen molar-refractivity contribution >= 4 is 17.8 Å². The summed E-state index contributed by atoms with van der Waals surface area (Å²) in [5, 5.41) is 14.0. The summed E-state index contributed by atoms with van der Waals surface area (Å²) < 4.78 is 0. The van der Waals surface area contributed by atoms with E-state index in [1.807, 2.05) is 13.8 Å². The van der Waals surface area contributed by atoms with Gasteiger partial charge in [0.1, 0.15) is 6.04 Å². The van der Waals surface area contributed by atoms with Gasteiger partial charge in [0.25, 0.3) is 0 Å². The Bertz CT molecular complexity index is 351. The number of carboxylic acid groups (broad SMARTS) is 1. The van der Waals surface area contributed by atoms with Gasteiger partial charge in [0.2, 0.25) is 11.8 Å². The smallest absolute Gasteiger partial charge is 0.303 e. The molecular weight excluding hydrogens is 248 g/mol. The van der Waals surface area contributed by atoms with Gasteiger partial charge in [0.05, 0.1) is 0 Å². The van der Waals surface area contributed by atoms with Crippen LogP contribution in [0, 0.1) is 5.92 Å². The Morgan fingerprint density at radius 3 is 2.11 bits per heavy atom. The summed E-state index contributed by atoms with van der Waals surface area (Å²) >= 11 is 0.